The number of aromatic amines is 1. The largest absolute Gasteiger partial charge is 0.358 e. The van der Waals surface area contributed by atoms with Crippen LogP contribution in [0.15, 0.2) is 24.3 Å². The Morgan fingerprint density at radius 2 is 1.71 bits per heavy atom. The fourth-order valence-corrected chi connectivity index (χ4v) is 10.4. The van der Waals surface area contributed by atoms with Crippen molar-refractivity contribution < 1.29 is 0 Å². The predicted molar refractivity (Wildman–Crippen MR) is 145 cm³/mol. The molecule has 34 heavy (non-hydrogen) atoms. The maximum atomic E-state index is 3.82. The number of hydrogen-bond donors (Lipinski definition) is 1. The molecular weight excluding hydrogens is 410 g/mol. The lowest BCUT2D eigenvalue weighted by Crippen LogP contribution is -2.54. The highest BCUT2D eigenvalue weighted by Gasteiger charge is 2.60. The third-order valence-corrected chi connectivity index (χ3v) is 12.2. The van der Waals surface area contributed by atoms with Crippen molar-refractivity contribution in [3.05, 3.63) is 35.5 Å². The lowest BCUT2D eigenvalue weighted by Gasteiger charge is -2.60. The summed E-state index contributed by atoms with van der Waals surface area (Å²) in [5.74, 6) is 6.56. The lowest BCUT2D eigenvalue weighted by atomic mass is 9.44. The predicted octanol–water partition coefficient (Wildman–Crippen LogP) is 9.20. The van der Waals surface area contributed by atoms with Gasteiger partial charge in [-0.15, -0.1) is 0 Å². The van der Waals surface area contributed by atoms with Crippen molar-refractivity contribution in [1.82, 2.24) is 4.98 Å². The van der Waals surface area contributed by atoms with Gasteiger partial charge in [0.1, 0.15) is 0 Å². The molecule has 0 saturated heterocycles. The Balaban J connectivity index is 1.24. The summed E-state index contributed by atoms with van der Waals surface area (Å²) in [6.07, 6.45) is 15.9. The quantitative estimate of drug-likeness (QED) is 0.458. The zero-order valence-corrected chi connectivity index (χ0v) is 22.6. The standard InChI is InChI=1S/C33H49N/c1-21(2)9-8-10-22(3)27-15-16-28-25-14-13-23-19-31-26(24-11-6-7-12-30(24)34-31)20-33(23,5)29(25)17-18-32(27,28)4/h6-7,11-12,21-23,25,27-29,34H,8-10,13-20H2,1-5H3. The van der Waals surface area contributed by atoms with Gasteiger partial charge in [0.25, 0.3) is 0 Å². The van der Waals surface area contributed by atoms with E-state index < -0.39 is 0 Å². The number of hydrogen-bond acceptors (Lipinski definition) is 0. The van der Waals surface area contributed by atoms with Gasteiger partial charge in [-0.2, -0.15) is 0 Å². The van der Waals surface area contributed by atoms with E-state index in [1.807, 2.05) is 0 Å². The molecule has 4 aliphatic rings. The molecule has 0 radical (unpaired) electrons. The van der Waals surface area contributed by atoms with Crippen LogP contribution in [0.3, 0.4) is 0 Å². The Hall–Kier alpha value is -1.24. The molecule has 6 rings (SSSR count). The smallest absolute Gasteiger partial charge is 0.0458 e. The fraction of sp³-hybridized carbons (Fsp3) is 0.758. The fourth-order valence-electron chi connectivity index (χ4n) is 10.4. The van der Waals surface area contributed by atoms with Crippen molar-refractivity contribution in [1.29, 1.82) is 0 Å². The molecule has 4 aliphatic carbocycles. The molecule has 3 saturated carbocycles. The number of aromatic nitrogens is 1. The Labute approximate surface area is 208 Å². The molecule has 0 bridgehead atoms. The maximum absolute atomic E-state index is 3.82. The van der Waals surface area contributed by atoms with E-state index in [0.717, 1.165) is 41.4 Å². The lowest BCUT2D eigenvalue weighted by molar-refractivity contribution is -0.103. The van der Waals surface area contributed by atoms with Crippen LogP contribution in [0.1, 0.15) is 104 Å². The molecule has 1 aromatic carbocycles. The average molecular weight is 460 g/mol. The molecule has 1 heterocycles. The van der Waals surface area contributed by atoms with Gasteiger partial charge >= 0.3 is 0 Å². The summed E-state index contributed by atoms with van der Waals surface area (Å²) in [5, 5.41) is 1.51. The van der Waals surface area contributed by atoms with Crippen molar-refractivity contribution in [3.8, 4) is 0 Å². The number of para-hydroxylation sites is 1. The second-order valence-electron chi connectivity index (χ2n) is 14.2. The van der Waals surface area contributed by atoms with Crippen LogP contribution in [0.25, 0.3) is 10.9 Å². The van der Waals surface area contributed by atoms with Gasteiger partial charge in [0, 0.05) is 16.6 Å². The van der Waals surface area contributed by atoms with Gasteiger partial charge < -0.3 is 4.98 Å². The van der Waals surface area contributed by atoms with E-state index in [1.165, 1.54) is 81.5 Å². The Bertz CT molecular complexity index is 1030. The molecule has 186 valence electrons. The number of benzene rings is 1. The van der Waals surface area contributed by atoms with Crippen molar-refractivity contribution in [2.75, 3.05) is 0 Å². The van der Waals surface area contributed by atoms with Gasteiger partial charge in [-0.1, -0.05) is 72.1 Å². The van der Waals surface area contributed by atoms with Gasteiger partial charge in [-0.25, -0.2) is 0 Å². The minimum atomic E-state index is 0.503. The molecule has 1 heteroatoms. The first-order chi connectivity index (χ1) is 16.3. The second-order valence-corrected chi connectivity index (χ2v) is 14.2. The molecule has 1 nitrogen and oxygen atoms in total. The third kappa shape index (κ3) is 3.46. The van der Waals surface area contributed by atoms with Crippen LogP contribution < -0.4 is 0 Å². The van der Waals surface area contributed by atoms with Crippen LogP contribution in [-0.2, 0) is 12.8 Å². The maximum Gasteiger partial charge on any atom is 0.0458 e. The van der Waals surface area contributed by atoms with E-state index in [2.05, 4.69) is 63.9 Å². The minimum absolute atomic E-state index is 0.503. The van der Waals surface area contributed by atoms with Crippen LogP contribution in [0, 0.1) is 52.3 Å². The monoisotopic (exact) mass is 459 g/mol. The highest BCUT2D eigenvalue weighted by Crippen LogP contribution is 2.68. The SMILES string of the molecule is CC(C)CCCC(C)C1CCC2C3CCC4Cc5[nH]c6ccccc6c5CC4(C)C3CCC12C. The Morgan fingerprint density at radius 3 is 2.53 bits per heavy atom. The second kappa shape index (κ2) is 8.41. The van der Waals surface area contributed by atoms with E-state index in [1.54, 1.807) is 11.3 Å². The molecule has 8 unspecified atom stereocenters. The normalized spacial score (nSPS) is 40.0. The first kappa shape index (κ1) is 23.2. The van der Waals surface area contributed by atoms with Gasteiger partial charge in [-0.05, 0) is 115 Å². The topological polar surface area (TPSA) is 15.8 Å². The van der Waals surface area contributed by atoms with E-state index >= 15 is 0 Å². The van der Waals surface area contributed by atoms with Gasteiger partial charge in [0.05, 0.1) is 0 Å². The molecule has 3 fully saturated rings. The number of nitrogens with one attached hydrogen (secondary N) is 1. The third-order valence-electron chi connectivity index (χ3n) is 12.2. The van der Waals surface area contributed by atoms with Crippen molar-refractivity contribution in [3.63, 3.8) is 0 Å². The summed E-state index contributed by atoms with van der Waals surface area (Å²) in [6, 6.07) is 9.09. The molecular formula is C33H49N. The Kier molecular flexibility index (Phi) is 5.74. The number of fused-ring (bicyclic) bond motifs is 8. The zero-order chi connectivity index (χ0) is 23.7. The van der Waals surface area contributed by atoms with Crippen LogP contribution in [-0.4, -0.2) is 4.98 Å². The van der Waals surface area contributed by atoms with Gasteiger partial charge in [-0.3, -0.25) is 0 Å². The molecule has 0 spiro atoms. The van der Waals surface area contributed by atoms with Crippen LogP contribution in [0.5, 0.6) is 0 Å². The van der Waals surface area contributed by atoms with Crippen molar-refractivity contribution in [2.45, 2.75) is 105 Å². The molecule has 0 amide bonds. The van der Waals surface area contributed by atoms with E-state index in [4.69, 9.17) is 0 Å². The first-order valence-corrected chi connectivity index (χ1v) is 14.9. The van der Waals surface area contributed by atoms with Crippen LogP contribution in [0.2, 0.25) is 0 Å². The molecule has 0 aliphatic heterocycles. The van der Waals surface area contributed by atoms with Gasteiger partial charge in [0.2, 0.25) is 0 Å². The summed E-state index contributed by atoms with van der Waals surface area (Å²) in [5.41, 5.74) is 5.73. The zero-order valence-electron chi connectivity index (χ0n) is 22.6. The van der Waals surface area contributed by atoms with Gasteiger partial charge in [0.15, 0.2) is 0 Å². The summed E-state index contributed by atoms with van der Waals surface area (Å²) < 4.78 is 0. The minimum Gasteiger partial charge on any atom is -0.358 e. The average Bonchev–Trinajstić information content (AvgIpc) is 3.34. The first-order valence-electron chi connectivity index (χ1n) is 14.9. The highest BCUT2D eigenvalue weighted by molar-refractivity contribution is 5.85. The summed E-state index contributed by atoms with van der Waals surface area (Å²) in [4.78, 5) is 3.82. The molecule has 1 N–H and O–H groups in total. The molecule has 2 aromatic rings. The number of H-pyrrole nitrogens is 1. The van der Waals surface area contributed by atoms with Crippen LogP contribution >= 0.6 is 0 Å². The summed E-state index contributed by atoms with van der Waals surface area (Å²) in [6.45, 7) is 12.9. The van der Waals surface area contributed by atoms with E-state index in [0.29, 0.717) is 10.8 Å². The van der Waals surface area contributed by atoms with E-state index in [9.17, 15) is 0 Å². The van der Waals surface area contributed by atoms with Crippen molar-refractivity contribution >= 4 is 10.9 Å². The van der Waals surface area contributed by atoms with E-state index in [-0.39, 0.29) is 0 Å². The molecule has 8 atom stereocenters. The molecule has 1 aromatic heterocycles. The number of rotatable bonds is 5. The summed E-state index contributed by atoms with van der Waals surface area (Å²) >= 11 is 0. The van der Waals surface area contributed by atoms with Crippen molar-refractivity contribution in [2.24, 2.45) is 52.3 Å². The highest BCUT2D eigenvalue weighted by atomic mass is 14.8. The summed E-state index contributed by atoms with van der Waals surface area (Å²) in [7, 11) is 0. The van der Waals surface area contributed by atoms with Crippen LogP contribution in [0.4, 0.5) is 0 Å². The Morgan fingerprint density at radius 1 is 0.912 bits per heavy atom.